The fraction of sp³-hybridized carbons (Fsp3) is 0.391. The lowest BCUT2D eigenvalue weighted by atomic mass is 10.2. The quantitative estimate of drug-likeness (QED) is 0.655. The molecule has 0 bridgehead atoms. The summed E-state index contributed by atoms with van der Waals surface area (Å²) in [6.45, 7) is 2.36. The van der Waals surface area contributed by atoms with E-state index in [4.69, 9.17) is 9.84 Å². The average molecular weight is 474 g/mol. The predicted octanol–water partition coefficient (Wildman–Crippen LogP) is 1.96. The van der Waals surface area contributed by atoms with E-state index in [-0.39, 0.29) is 23.6 Å². The first-order valence-corrected chi connectivity index (χ1v) is 12.3. The smallest absolute Gasteiger partial charge is 0.303 e. The number of benzene rings is 2. The van der Waals surface area contributed by atoms with Gasteiger partial charge in [0.15, 0.2) is 0 Å². The molecule has 1 saturated heterocycles. The number of methoxy groups -OCH3 is 1. The predicted molar refractivity (Wildman–Crippen MR) is 123 cm³/mol. The maximum absolute atomic E-state index is 13.3. The Bertz CT molecular complexity index is 1140. The molecule has 2 aromatic rings. The fourth-order valence-electron chi connectivity index (χ4n) is 4.28. The van der Waals surface area contributed by atoms with Gasteiger partial charge in [-0.1, -0.05) is 0 Å². The average Bonchev–Trinajstić information content (AvgIpc) is 3.26. The second-order valence-electron chi connectivity index (χ2n) is 8.07. The Morgan fingerprint density at radius 1 is 0.970 bits per heavy atom. The summed E-state index contributed by atoms with van der Waals surface area (Å²) < 4.78 is 33.2. The number of rotatable bonds is 7. The van der Waals surface area contributed by atoms with Gasteiger partial charge in [0.25, 0.3) is 0 Å². The number of anilines is 2. The standard InChI is InChI=1S/C23H27N3O6S/c1-32-19-4-2-18(3-5-19)24-12-14-25(15-13-24)33(30,31)20-6-7-21-17(16-20)10-11-26(21)22(27)8-9-23(28)29/h2-7,16H,8-15H2,1H3,(H,28,29). The van der Waals surface area contributed by atoms with Gasteiger partial charge in [-0.05, 0) is 54.4 Å². The third-order valence-corrected chi connectivity index (χ3v) is 8.01. The van der Waals surface area contributed by atoms with Crippen LogP contribution in [0.4, 0.5) is 11.4 Å². The zero-order valence-electron chi connectivity index (χ0n) is 18.4. The number of sulfonamides is 1. The molecule has 0 spiro atoms. The first-order valence-electron chi connectivity index (χ1n) is 10.8. The number of hydrogen-bond acceptors (Lipinski definition) is 6. The van der Waals surface area contributed by atoms with Gasteiger partial charge in [-0.15, -0.1) is 0 Å². The third kappa shape index (κ3) is 4.81. The van der Waals surface area contributed by atoms with E-state index in [0.29, 0.717) is 44.8 Å². The molecule has 9 nitrogen and oxygen atoms in total. The highest BCUT2D eigenvalue weighted by molar-refractivity contribution is 7.89. The van der Waals surface area contributed by atoms with Crippen molar-refractivity contribution >= 4 is 33.3 Å². The Labute approximate surface area is 193 Å². The zero-order chi connectivity index (χ0) is 23.6. The van der Waals surface area contributed by atoms with Crippen molar-refractivity contribution in [3.05, 3.63) is 48.0 Å². The van der Waals surface area contributed by atoms with E-state index in [1.54, 1.807) is 24.1 Å². The van der Waals surface area contributed by atoms with Crippen LogP contribution in [-0.2, 0) is 26.0 Å². The lowest BCUT2D eigenvalue weighted by molar-refractivity contribution is -0.138. The number of nitrogens with zero attached hydrogens (tertiary/aromatic N) is 3. The summed E-state index contributed by atoms with van der Waals surface area (Å²) in [5, 5.41) is 8.80. The monoisotopic (exact) mass is 473 g/mol. The maximum Gasteiger partial charge on any atom is 0.303 e. The Balaban J connectivity index is 1.43. The van der Waals surface area contributed by atoms with Crippen LogP contribution in [0.2, 0.25) is 0 Å². The molecule has 2 heterocycles. The minimum Gasteiger partial charge on any atom is -0.497 e. The zero-order valence-corrected chi connectivity index (χ0v) is 19.3. The van der Waals surface area contributed by atoms with E-state index in [0.717, 1.165) is 17.0 Å². The highest BCUT2D eigenvalue weighted by Gasteiger charge is 2.31. The normalized spacial score (nSPS) is 16.5. The van der Waals surface area contributed by atoms with Crippen molar-refractivity contribution in [2.24, 2.45) is 0 Å². The van der Waals surface area contributed by atoms with Gasteiger partial charge in [0.2, 0.25) is 15.9 Å². The van der Waals surface area contributed by atoms with Gasteiger partial charge < -0.3 is 19.6 Å². The minimum absolute atomic E-state index is 0.0761. The molecule has 4 rings (SSSR count). The third-order valence-electron chi connectivity index (χ3n) is 6.11. The lowest BCUT2D eigenvalue weighted by Crippen LogP contribution is -2.48. The first kappa shape index (κ1) is 23.1. The van der Waals surface area contributed by atoms with Gasteiger partial charge in [0.1, 0.15) is 5.75 Å². The molecule has 0 saturated carbocycles. The summed E-state index contributed by atoms with van der Waals surface area (Å²) in [4.78, 5) is 27.0. The van der Waals surface area contributed by atoms with Crippen molar-refractivity contribution in [1.82, 2.24) is 4.31 Å². The van der Waals surface area contributed by atoms with Crippen LogP contribution in [0.15, 0.2) is 47.4 Å². The highest BCUT2D eigenvalue weighted by Crippen LogP contribution is 2.32. The van der Waals surface area contributed by atoms with Crippen molar-refractivity contribution < 1.29 is 27.9 Å². The van der Waals surface area contributed by atoms with Crippen molar-refractivity contribution in [3.63, 3.8) is 0 Å². The molecular weight excluding hydrogens is 446 g/mol. The van der Waals surface area contributed by atoms with Crippen molar-refractivity contribution in [3.8, 4) is 5.75 Å². The Hall–Kier alpha value is -3.11. The van der Waals surface area contributed by atoms with Crippen molar-refractivity contribution in [2.75, 3.05) is 49.6 Å². The van der Waals surface area contributed by atoms with Gasteiger partial charge in [0.05, 0.1) is 18.4 Å². The summed E-state index contributed by atoms with van der Waals surface area (Å²) in [5.74, 6) is -0.503. The molecule has 2 aromatic carbocycles. The molecule has 33 heavy (non-hydrogen) atoms. The van der Waals surface area contributed by atoms with Crippen LogP contribution >= 0.6 is 0 Å². The number of carboxylic acid groups (broad SMARTS) is 1. The van der Waals surface area contributed by atoms with Crippen LogP contribution in [0.5, 0.6) is 5.75 Å². The SMILES string of the molecule is COc1ccc(N2CCN(S(=O)(=O)c3ccc4c(c3)CCN4C(=O)CCC(=O)O)CC2)cc1. The fourth-order valence-corrected chi connectivity index (χ4v) is 5.75. The Kier molecular flexibility index (Phi) is 6.57. The molecule has 0 aliphatic carbocycles. The van der Waals surface area contributed by atoms with Crippen LogP contribution in [0.3, 0.4) is 0 Å². The molecule has 1 N–H and O–H groups in total. The van der Waals surface area contributed by atoms with E-state index in [1.165, 1.54) is 10.4 Å². The molecular formula is C23H27N3O6S. The van der Waals surface area contributed by atoms with Crippen LogP contribution in [0, 0.1) is 0 Å². The Morgan fingerprint density at radius 3 is 2.30 bits per heavy atom. The molecule has 0 aromatic heterocycles. The topological polar surface area (TPSA) is 107 Å². The number of carbonyl (C=O) groups excluding carboxylic acids is 1. The highest BCUT2D eigenvalue weighted by atomic mass is 32.2. The number of carbonyl (C=O) groups is 2. The second-order valence-corrected chi connectivity index (χ2v) is 10.0. The largest absolute Gasteiger partial charge is 0.497 e. The lowest BCUT2D eigenvalue weighted by Gasteiger charge is -2.35. The summed E-state index contributed by atoms with van der Waals surface area (Å²) in [7, 11) is -2.04. The van der Waals surface area contributed by atoms with Gasteiger partial charge >= 0.3 is 5.97 Å². The number of carboxylic acids is 1. The second kappa shape index (κ2) is 9.40. The van der Waals surface area contributed by atoms with E-state index in [2.05, 4.69) is 4.90 Å². The number of ether oxygens (including phenoxy) is 1. The number of hydrogen-bond donors (Lipinski definition) is 1. The van der Waals surface area contributed by atoms with Gasteiger partial charge in [0, 0.05) is 50.5 Å². The van der Waals surface area contributed by atoms with Crippen LogP contribution in [0.1, 0.15) is 18.4 Å². The minimum atomic E-state index is -3.65. The molecule has 1 fully saturated rings. The van der Waals surface area contributed by atoms with Gasteiger partial charge in [-0.2, -0.15) is 4.31 Å². The number of fused-ring (bicyclic) bond motifs is 1. The maximum atomic E-state index is 13.3. The van der Waals surface area contributed by atoms with E-state index >= 15 is 0 Å². The molecule has 0 unspecified atom stereocenters. The van der Waals surface area contributed by atoms with Gasteiger partial charge in [-0.25, -0.2) is 8.42 Å². The molecule has 2 aliphatic heterocycles. The summed E-state index contributed by atoms with van der Waals surface area (Å²) >= 11 is 0. The number of aliphatic carboxylic acids is 1. The summed E-state index contributed by atoms with van der Waals surface area (Å²) in [6.07, 6.45) is 0.246. The van der Waals surface area contributed by atoms with Crippen LogP contribution < -0.4 is 14.5 Å². The summed E-state index contributed by atoms with van der Waals surface area (Å²) in [5.41, 5.74) is 2.48. The van der Waals surface area contributed by atoms with E-state index in [9.17, 15) is 18.0 Å². The molecule has 176 valence electrons. The molecule has 0 atom stereocenters. The first-order chi connectivity index (χ1) is 15.8. The van der Waals surface area contributed by atoms with Crippen molar-refractivity contribution in [2.45, 2.75) is 24.2 Å². The Morgan fingerprint density at radius 2 is 1.67 bits per heavy atom. The van der Waals surface area contributed by atoms with Crippen molar-refractivity contribution in [1.29, 1.82) is 0 Å². The van der Waals surface area contributed by atoms with E-state index in [1.807, 2.05) is 24.3 Å². The van der Waals surface area contributed by atoms with Crippen LogP contribution in [-0.4, -0.2) is 69.5 Å². The molecule has 2 aliphatic rings. The van der Waals surface area contributed by atoms with Gasteiger partial charge in [-0.3, -0.25) is 9.59 Å². The molecule has 10 heteroatoms. The molecule has 1 amide bonds. The number of piperazine rings is 1. The molecule has 0 radical (unpaired) electrons. The van der Waals surface area contributed by atoms with Crippen LogP contribution in [0.25, 0.3) is 0 Å². The summed E-state index contributed by atoms with van der Waals surface area (Å²) in [6, 6.07) is 12.5. The number of amides is 1. The van der Waals surface area contributed by atoms with E-state index < -0.39 is 16.0 Å².